The Labute approximate surface area is 110 Å². The van der Waals surface area contributed by atoms with Crippen molar-refractivity contribution >= 4 is 5.69 Å². The van der Waals surface area contributed by atoms with Gasteiger partial charge < -0.3 is 15.0 Å². The topological polar surface area (TPSA) is 24.5 Å². The molecule has 0 heterocycles. The zero-order chi connectivity index (χ0) is 12.8. The van der Waals surface area contributed by atoms with Crippen molar-refractivity contribution in [1.82, 2.24) is 4.90 Å². The molecule has 1 saturated carbocycles. The molecule has 1 N–H and O–H groups in total. The second kappa shape index (κ2) is 6.64. The maximum absolute atomic E-state index is 5.74. The first-order valence-corrected chi connectivity index (χ1v) is 6.88. The summed E-state index contributed by atoms with van der Waals surface area (Å²) in [6.07, 6.45) is 5.31. The van der Waals surface area contributed by atoms with Crippen LogP contribution < -0.4 is 10.1 Å². The van der Waals surface area contributed by atoms with E-state index in [1.165, 1.54) is 31.4 Å². The maximum Gasteiger partial charge on any atom is 0.121 e. The Balaban J connectivity index is 1.84. The first kappa shape index (κ1) is 13.2. The molecule has 0 saturated heterocycles. The molecule has 1 aromatic rings. The Bertz CT molecular complexity index is 359. The van der Waals surface area contributed by atoms with Gasteiger partial charge in [0.2, 0.25) is 0 Å². The molecule has 3 nitrogen and oxygen atoms in total. The van der Waals surface area contributed by atoms with Crippen molar-refractivity contribution in [1.29, 1.82) is 0 Å². The summed E-state index contributed by atoms with van der Waals surface area (Å²) in [5, 5.41) is 3.59. The molecule has 0 amide bonds. The van der Waals surface area contributed by atoms with E-state index in [2.05, 4.69) is 42.5 Å². The number of anilines is 1. The Morgan fingerprint density at radius 3 is 2.78 bits per heavy atom. The first-order chi connectivity index (χ1) is 8.74. The van der Waals surface area contributed by atoms with Crippen LogP contribution in [0.1, 0.15) is 25.7 Å². The molecule has 1 aliphatic rings. The molecule has 0 bridgehead atoms. The molecule has 0 aliphatic heterocycles. The molecular weight excluding hydrogens is 224 g/mol. The molecule has 0 unspecified atom stereocenters. The average molecular weight is 248 g/mol. The maximum atomic E-state index is 5.74. The van der Waals surface area contributed by atoms with Gasteiger partial charge in [-0.2, -0.15) is 0 Å². The molecule has 100 valence electrons. The second-order valence-electron chi connectivity index (χ2n) is 5.31. The van der Waals surface area contributed by atoms with Gasteiger partial charge in [-0.25, -0.2) is 0 Å². The van der Waals surface area contributed by atoms with Crippen molar-refractivity contribution in [2.45, 2.75) is 31.7 Å². The molecule has 0 radical (unpaired) electrons. The third-order valence-electron chi connectivity index (χ3n) is 3.37. The summed E-state index contributed by atoms with van der Waals surface area (Å²) in [4.78, 5) is 2.13. The number of nitrogens with one attached hydrogen (secondary N) is 1. The van der Waals surface area contributed by atoms with E-state index in [0.717, 1.165) is 18.9 Å². The summed E-state index contributed by atoms with van der Waals surface area (Å²) >= 11 is 0. The molecule has 0 atom stereocenters. The Morgan fingerprint density at radius 2 is 2.06 bits per heavy atom. The third-order valence-corrected chi connectivity index (χ3v) is 3.37. The van der Waals surface area contributed by atoms with E-state index in [0.29, 0.717) is 6.04 Å². The number of nitrogens with zero attached hydrogens (tertiary/aromatic N) is 1. The van der Waals surface area contributed by atoms with Crippen LogP contribution in [0.4, 0.5) is 5.69 Å². The zero-order valence-corrected chi connectivity index (χ0v) is 11.5. The van der Waals surface area contributed by atoms with Gasteiger partial charge in [0, 0.05) is 24.3 Å². The first-order valence-electron chi connectivity index (χ1n) is 6.88. The van der Waals surface area contributed by atoms with E-state index < -0.39 is 0 Å². The van der Waals surface area contributed by atoms with Crippen molar-refractivity contribution in [2.24, 2.45) is 0 Å². The van der Waals surface area contributed by atoms with E-state index >= 15 is 0 Å². The van der Waals surface area contributed by atoms with Crippen LogP contribution in [-0.4, -0.2) is 38.2 Å². The van der Waals surface area contributed by atoms with Gasteiger partial charge in [-0.05, 0) is 39.1 Å². The van der Waals surface area contributed by atoms with E-state index in [9.17, 15) is 0 Å². The molecule has 1 aliphatic carbocycles. The van der Waals surface area contributed by atoms with Gasteiger partial charge in [0.05, 0.1) is 0 Å². The van der Waals surface area contributed by atoms with Gasteiger partial charge in [-0.15, -0.1) is 0 Å². The highest BCUT2D eigenvalue weighted by Gasteiger charge is 2.14. The fraction of sp³-hybridized carbons (Fsp3) is 0.600. The summed E-state index contributed by atoms with van der Waals surface area (Å²) in [5.41, 5.74) is 1.18. The lowest BCUT2D eigenvalue weighted by atomic mass is 10.2. The minimum absolute atomic E-state index is 0.655. The fourth-order valence-corrected chi connectivity index (χ4v) is 2.33. The van der Waals surface area contributed by atoms with Gasteiger partial charge in [0.15, 0.2) is 0 Å². The van der Waals surface area contributed by atoms with Crippen LogP contribution in [0.2, 0.25) is 0 Å². The lowest BCUT2D eigenvalue weighted by Crippen LogP contribution is -2.19. The van der Waals surface area contributed by atoms with E-state index in [1.807, 2.05) is 6.07 Å². The number of benzene rings is 1. The number of likely N-dealkylation sites (N-methyl/N-ethyl adjacent to an activating group) is 1. The quantitative estimate of drug-likeness (QED) is 0.837. The van der Waals surface area contributed by atoms with Crippen molar-refractivity contribution < 1.29 is 4.74 Å². The average Bonchev–Trinajstić information content (AvgIpc) is 2.82. The van der Waals surface area contributed by atoms with Crippen molar-refractivity contribution in [3.63, 3.8) is 0 Å². The second-order valence-corrected chi connectivity index (χ2v) is 5.31. The number of hydrogen-bond acceptors (Lipinski definition) is 3. The highest BCUT2D eigenvalue weighted by Crippen LogP contribution is 2.24. The molecule has 3 heteroatoms. The number of rotatable bonds is 6. The molecule has 2 rings (SSSR count). The Morgan fingerprint density at radius 1 is 1.28 bits per heavy atom. The van der Waals surface area contributed by atoms with Gasteiger partial charge in [-0.3, -0.25) is 0 Å². The predicted molar refractivity (Wildman–Crippen MR) is 76.4 cm³/mol. The van der Waals surface area contributed by atoms with Crippen LogP contribution >= 0.6 is 0 Å². The van der Waals surface area contributed by atoms with Gasteiger partial charge in [0.25, 0.3) is 0 Å². The van der Waals surface area contributed by atoms with Gasteiger partial charge in [-0.1, -0.05) is 18.9 Å². The largest absolute Gasteiger partial charge is 0.492 e. The molecule has 18 heavy (non-hydrogen) atoms. The minimum Gasteiger partial charge on any atom is -0.492 e. The van der Waals surface area contributed by atoms with Crippen LogP contribution in [0.3, 0.4) is 0 Å². The van der Waals surface area contributed by atoms with Crippen LogP contribution in [0.15, 0.2) is 24.3 Å². The van der Waals surface area contributed by atoms with Crippen molar-refractivity contribution in [2.75, 3.05) is 32.6 Å². The molecule has 0 spiro atoms. The minimum atomic E-state index is 0.655. The fourth-order valence-electron chi connectivity index (χ4n) is 2.33. The zero-order valence-electron chi connectivity index (χ0n) is 11.5. The van der Waals surface area contributed by atoms with Crippen LogP contribution in [0, 0.1) is 0 Å². The lowest BCUT2D eigenvalue weighted by Gasteiger charge is -2.15. The Kier molecular flexibility index (Phi) is 4.88. The van der Waals surface area contributed by atoms with Gasteiger partial charge in [0.1, 0.15) is 12.4 Å². The van der Waals surface area contributed by atoms with Gasteiger partial charge >= 0.3 is 0 Å². The van der Waals surface area contributed by atoms with Crippen LogP contribution in [-0.2, 0) is 0 Å². The molecule has 1 fully saturated rings. The standard InChI is InChI=1S/C15H24N2O/c1-17(2)10-11-18-15-9-5-8-14(12-15)16-13-6-3-4-7-13/h5,8-9,12-13,16H,3-4,6-7,10-11H2,1-2H3. The number of hydrogen-bond donors (Lipinski definition) is 1. The third kappa shape index (κ3) is 4.22. The predicted octanol–water partition coefficient (Wildman–Crippen LogP) is 2.98. The SMILES string of the molecule is CN(C)CCOc1cccc(NC2CCCC2)c1. The molecule has 1 aromatic carbocycles. The summed E-state index contributed by atoms with van der Waals surface area (Å²) in [7, 11) is 4.11. The number of ether oxygens (including phenoxy) is 1. The highest BCUT2D eigenvalue weighted by atomic mass is 16.5. The molecular formula is C15H24N2O. The summed E-state index contributed by atoms with van der Waals surface area (Å²) in [6, 6.07) is 8.96. The van der Waals surface area contributed by atoms with Crippen LogP contribution in [0.5, 0.6) is 5.75 Å². The van der Waals surface area contributed by atoms with Crippen molar-refractivity contribution in [3.8, 4) is 5.75 Å². The Hall–Kier alpha value is -1.22. The molecule has 0 aromatic heterocycles. The summed E-state index contributed by atoms with van der Waals surface area (Å²) in [6.45, 7) is 1.68. The smallest absolute Gasteiger partial charge is 0.121 e. The van der Waals surface area contributed by atoms with Crippen LogP contribution in [0.25, 0.3) is 0 Å². The van der Waals surface area contributed by atoms with E-state index in [-0.39, 0.29) is 0 Å². The summed E-state index contributed by atoms with van der Waals surface area (Å²) < 4.78 is 5.74. The lowest BCUT2D eigenvalue weighted by molar-refractivity contribution is 0.261. The normalized spacial score (nSPS) is 16.2. The van der Waals surface area contributed by atoms with E-state index in [1.54, 1.807) is 0 Å². The van der Waals surface area contributed by atoms with E-state index in [4.69, 9.17) is 4.74 Å². The van der Waals surface area contributed by atoms with Crippen molar-refractivity contribution in [3.05, 3.63) is 24.3 Å². The summed E-state index contributed by atoms with van der Waals surface area (Å²) in [5.74, 6) is 0.958. The highest BCUT2D eigenvalue weighted by molar-refractivity contribution is 5.48. The monoisotopic (exact) mass is 248 g/mol.